The first-order valence-electron chi connectivity index (χ1n) is 8.13. The molecule has 0 N–H and O–H groups in total. The number of hydrogen-bond acceptors (Lipinski definition) is 5. The molecule has 0 aliphatic rings. The number of hydrogen-bond donors (Lipinski definition) is 0. The average molecular weight is 333 g/mol. The Morgan fingerprint density at radius 2 is 2.04 bits per heavy atom. The zero-order chi connectivity index (χ0) is 18.1. The normalized spacial score (nSPS) is 12.3. The van der Waals surface area contributed by atoms with Crippen LogP contribution in [0.5, 0.6) is 0 Å². The Kier molecular flexibility index (Phi) is 4.32. The van der Waals surface area contributed by atoms with Crippen LogP contribution in [0.1, 0.15) is 53.1 Å². The van der Waals surface area contributed by atoms with Crippen LogP contribution in [0.2, 0.25) is 0 Å². The first-order chi connectivity index (χ1) is 11.9. The van der Waals surface area contributed by atoms with Gasteiger partial charge in [0.05, 0.1) is 22.8 Å². The van der Waals surface area contributed by atoms with E-state index < -0.39 is 5.92 Å². The molecule has 0 unspecified atom stereocenters. The van der Waals surface area contributed by atoms with E-state index in [1.807, 2.05) is 20.8 Å². The van der Waals surface area contributed by atoms with Crippen molar-refractivity contribution in [3.8, 4) is 6.07 Å². The maximum atomic E-state index is 13.2. The van der Waals surface area contributed by atoms with E-state index >= 15 is 0 Å². The fraction of sp³-hybridized carbons (Fsp3) is 0.316. The van der Waals surface area contributed by atoms with Gasteiger partial charge in [-0.05, 0) is 31.0 Å². The second-order valence-electron chi connectivity index (χ2n) is 6.34. The van der Waals surface area contributed by atoms with Gasteiger partial charge >= 0.3 is 0 Å². The molecule has 3 heterocycles. The van der Waals surface area contributed by atoms with Crippen molar-refractivity contribution < 1.29 is 4.79 Å². The number of aryl methyl sites for hydroxylation is 2. The number of carbonyl (C=O) groups is 1. The number of nitriles is 1. The number of Topliss-reactive ketones (excluding diaryl/α,β-unsaturated/α-hetero) is 1. The number of pyridine rings is 2. The van der Waals surface area contributed by atoms with Gasteiger partial charge in [0.1, 0.15) is 0 Å². The number of aromatic nitrogens is 4. The van der Waals surface area contributed by atoms with Gasteiger partial charge in [0.15, 0.2) is 17.3 Å². The number of nitrogens with zero attached hydrogens (tertiary/aromatic N) is 5. The molecule has 6 heteroatoms. The summed E-state index contributed by atoms with van der Waals surface area (Å²) in [4.78, 5) is 22.0. The molecule has 3 rings (SSSR count). The van der Waals surface area contributed by atoms with Gasteiger partial charge < -0.3 is 0 Å². The van der Waals surface area contributed by atoms with Crippen LogP contribution in [0.15, 0.2) is 30.5 Å². The smallest absolute Gasteiger partial charge is 0.186 e. The lowest BCUT2D eigenvalue weighted by Crippen LogP contribution is -2.14. The summed E-state index contributed by atoms with van der Waals surface area (Å²) in [5.41, 5.74) is 3.12. The molecular formula is C19H19N5O. The Bertz CT molecular complexity index is 982. The van der Waals surface area contributed by atoms with Crippen LogP contribution >= 0.6 is 0 Å². The molecule has 0 aliphatic carbocycles. The van der Waals surface area contributed by atoms with Gasteiger partial charge in [-0.2, -0.15) is 10.4 Å². The van der Waals surface area contributed by atoms with Crippen LogP contribution in [-0.4, -0.2) is 25.5 Å². The number of rotatable bonds is 4. The van der Waals surface area contributed by atoms with E-state index in [2.05, 4.69) is 21.1 Å². The minimum absolute atomic E-state index is 0.154. The van der Waals surface area contributed by atoms with Crippen molar-refractivity contribution in [3.05, 3.63) is 53.1 Å². The lowest BCUT2D eigenvalue weighted by molar-refractivity contribution is 0.0979. The Morgan fingerprint density at radius 3 is 2.64 bits per heavy atom. The zero-order valence-electron chi connectivity index (χ0n) is 14.7. The third-order valence-electron chi connectivity index (χ3n) is 4.22. The third-order valence-corrected chi connectivity index (χ3v) is 4.22. The molecular weight excluding hydrogens is 314 g/mol. The van der Waals surface area contributed by atoms with Crippen molar-refractivity contribution in [2.75, 3.05) is 0 Å². The van der Waals surface area contributed by atoms with Gasteiger partial charge in [-0.1, -0.05) is 19.9 Å². The van der Waals surface area contributed by atoms with Crippen LogP contribution in [0.4, 0.5) is 0 Å². The molecule has 3 aromatic heterocycles. The molecule has 0 aromatic carbocycles. The number of ketones is 1. The highest BCUT2D eigenvalue weighted by molar-refractivity contribution is 6.11. The van der Waals surface area contributed by atoms with Crippen LogP contribution in [0, 0.1) is 18.3 Å². The van der Waals surface area contributed by atoms with Gasteiger partial charge in [-0.25, -0.2) is 4.98 Å². The summed E-state index contributed by atoms with van der Waals surface area (Å²) in [6.45, 7) is 5.89. The molecule has 126 valence electrons. The lowest BCUT2D eigenvalue weighted by atomic mass is 9.92. The SMILES string of the molecule is Cc1nn(C)c2nc(C(C)C)cc(C(=O)[C@@H](C#N)c3ccccn3)c12. The van der Waals surface area contributed by atoms with E-state index in [0.29, 0.717) is 22.3 Å². The van der Waals surface area contributed by atoms with Crippen LogP contribution < -0.4 is 0 Å². The van der Waals surface area contributed by atoms with Crippen molar-refractivity contribution in [2.24, 2.45) is 7.05 Å². The summed E-state index contributed by atoms with van der Waals surface area (Å²) in [7, 11) is 1.81. The maximum Gasteiger partial charge on any atom is 0.186 e. The standard InChI is InChI=1S/C19H19N5O/c1-11(2)16-9-13(17-12(3)23-24(4)19(17)22-16)18(25)14(10-20)15-7-5-6-8-21-15/h5-9,11,14H,1-4H3/t14-/m0/s1. The Balaban J connectivity index is 2.23. The molecule has 0 bridgehead atoms. The van der Waals surface area contributed by atoms with Gasteiger partial charge in [0, 0.05) is 24.5 Å². The predicted molar refractivity (Wildman–Crippen MR) is 94.3 cm³/mol. The first kappa shape index (κ1) is 16.8. The Morgan fingerprint density at radius 1 is 1.28 bits per heavy atom. The predicted octanol–water partition coefficient (Wildman–Crippen LogP) is 3.29. The molecule has 0 fully saturated rings. The molecule has 0 amide bonds. The van der Waals surface area contributed by atoms with Crippen LogP contribution in [0.25, 0.3) is 11.0 Å². The summed E-state index contributed by atoms with van der Waals surface area (Å²) in [6, 6.07) is 9.12. The summed E-state index contributed by atoms with van der Waals surface area (Å²) < 4.78 is 1.68. The van der Waals surface area contributed by atoms with Crippen molar-refractivity contribution in [2.45, 2.75) is 32.6 Å². The van der Waals surface area contributed by atoms with E-state index in [9.17, 15) is 10.1 Å². The highest BCUT2D eigenvalue weighted by atomic mass is 16.1. The summed E-state index contributed by atoms with van der Waals surface area (Å²) in [5.74, 6) is -1.07. The van der Waals surface area contributed by atoms with Gasteiger partial charge in [0.25, 0.3) is 0 Å². The Labute approximate surface area is 146 Å². The highest BCUT2D eigenvalue weighted by Gasteiger charge is 2.27. The van der Waals surface area contributed by atoms with E-state index in [1.54, 1.807) is 42.2 Å². The lowest BCUT2D eigenvalue weighted by Gasteiger charge is -2.12. The summed E-state index contributed by atoms with van der Waals surface area (Å²) in [6.07, 6.45) is 1.59. The third kappa shape index (κ3) is 2.89. The summed E-state index contributed by atoms with van der Waals surface area (Å²) in [5, 5.41) is 14.7. The molecule has 25 heavy (non-hydrogen) atoms. The molecule has 0 radical (unpaired) electrons. The number of fused-ring (bicyclic) bond motifs is 1. The molecule has 0 saturated heterocycles. The second-order valence-corrected chi connectivity index (χ2v) is 6.34. The molecule has 0 saturated carbocycles. The van der Waals surface area contributed by atoms with E-state index in [0.717, 1.165) is 11.4 Å². The topological polar surface area (TPSA) is 84.5 Å². The monoisotopic (exact) mass is 333 g/mol. The quantitative estimate of drug-likeness (QED) is 0.684. The van der Waals surface area contributed by atoms with Crippen LogP contribution in [0.3, 0.4) is 0 Å². The molecule has 6 nitrogen and oxygen atoms in total. The number of carbonyl (C=O) groups excluding carboxylic acids is 1. The fourth-order valence-corrected chi connectivity index (χ4v) is 2.92. The van der Waals surface area contributed by atoms with E-state index in [4.69, 9.17) is 0 Å². The maximum absolute atomic E-state index is 13.2. The summed E-state index contributed by atoms with van der Waals surface area (Å²) >= 11 is 0. The highest BCUT2D eigenvalue weighted by Crippen LogP contribution is 2.29. The van der Waals surface area contributed by atoms with Crippen molar-refractivity contribution >= 4 is 16.8 Å². The average Bonchev–Trinajstić information content (AvgIpc) is 2.90. The molecule has 0 spiro atoms. The van der Waals surface area contributed by atoms with Gasteiger partial charge in [0.2, 0.25) is 0 Å². The minimum atomic E-state index is -0.952. The largest absolute Gasteiger partial charge is 0.292 e. The van der Waals surface area contributed by atoms with Gasteiger partial charge in [-0.15, -0.1) is 0 Å². The van der Waals surface area contributed by atoms with Crippen molar-refractivity contribution in [1.29, 1.82) is 5.26 Å². The molecule has 3 aromatic rings. The van der Waals surface area contributed by atoms with Gasteiger partial charge in [-0.3, -0.25) is 14.5 Å². The zero-order valence-corrected chi connectivity index (χ0v) is 14.7. The minimum Gasteiger partial charge on any atom is -0.292 e. The van der Waals surface area contributed by atoms with Crippen molar-refractivity contribution in [3.63, 3.8) is 0 Å². The van der Waals surface area contributed by atoms with E-state index in [1.165, 1.54) is 0 Å². The second kappa shape index (κ2) is 6.44. The van der Waals surface area contributed by atoms with Crippen molar-refractivity contribution in [1.82, 2.24) is 19.7 Å². The molecule has 1 atom stereocenters. The fourth-order valence-electron chi connectivity index (χ4n) is 2.92. The van der Waals surface area contributed by atoms with E-state index in [-0.39, 0.29) is 11.7 Å². The first-order valence-corrected chi connectivity index (χ1v) is 8.13. The Hall–Kier alpha value is -3.07. The molecule has 0 aliphatic heterocycles. The van der Waals surface area contributed by atoms with Crippen LogP contribution in [-0.2, 0) is 7.05 Å².